The van der Waals surface area contributed by atoms with Crippen LogP contribution in [0.1, 0.15) is 29.4 Å². The summed E-state index contributed by atoms with van der Waals surface area (Å²) in [6.07, 6.45) is 1.24. The Balaban J connectivity index is 2.09. The molecular formula is C14H21N3O. The minimum atomic E-state index is 0.0797. The van der Waals surface area contributed by atoms with Crippen molar-refractivity contribution in [3.8, 4) is 0 Å². The van der Waals surface area contributed by atoms with Crippen LogP contribution in [0, 0.1) is 18.8 Å². The molecule has 1 fully saturated rings. The van der Waals surface area contributed by atoms with Gasteiger partial charge in [-0.2, -0.15) is 0 Å². The van der Waals surface area contributed by atoms with E-state index < -0.39 is 0 Å². The van der Waals surface area contributed by atoms with Crippen LogP contribution in [-0.2, 0) is 0 Å². The first kappa shape index (κ1) is 12.9. The number of hydrogen-bond donors (Lipinski definition) is 1. The Bertz CT molecular complexity index is 458. The molecule has 2 rings (SSSR count). The molecule has 4 heteroatoms. The van der Waals surface area contributed by atoms with Crippen LogP contribution in [0.5, 0.6) is 0 Å². The van der Waals surface area contributed by atoms with E-state index in [2.05, 4.69) is 17.2 Å². The molecule has 0 radical (unpaired) electrons. The van der Waals surface area contributed by atoms with Crippen molar-refractivity contribution in [2.75, 3.05) is 26.0 Å². The first-order valence-corrected chi connectivity index (χ1v) is 6.43. The fraction of sp³-hybridized carbons (Fsp3) is 0.571. The van der Waals surface area contributed by atoms with Crippen molar-refractivity contribution in [3.05, 3.63) is 23.4 Å². The molecule has 1 heterocycles. The van der Waals surface area contributed by atoms with Crippen molar-refractivity contribution in [1.29, 1.82) is 0 Å². The second kappa shape index (κ2) is 4.96. The zero-order chi connectivity index (χ0) is 13.3. The zero-order valence-electron chi connectivity index (χ0n) is 11.5. The normalized spacial score (nSPS) is 21.6. The highest BCUT2D eigenvalue weighted by atomic mass is 16.2. The van der Waals surface area contributed by atoms with E-state index in [1.54, 1.807) is 0 Å². The molecule has 1 aromatic rings. The minimum absolute atomic E-state index is 0.0797. The van der Waals surface area contributed by atoms with Gasteiger partial charge in [0.25, 0.3) is 5.91 Å². The molecule has 1 aromatic heterocycles. The van der Waals surface area contributed by atoms with Crippen LogP contribution in [0.4, 0.5) is 5.82 Å². The maximum Gasteiger partial charge on any atom is 0.253 e. The SMILES string of the molecule is CNc1cc(C(=O)N(C)CC2CC2C)cc(C)n1. The molecule has 1 aliphatic rings. The molecule has 0 spiro atoms. The summed E-state index contributed by atoms with van der Waals surface area (Å²) >= 11 is 0. The third kappa shape index (κ3) is 2.81. The van der Waals surface area contributed by atoms with E-state index in [4.69, 9.17) is 0 Å². The lowest BCUT2D eigenvalue weighted by atomic mass is 10.2. The van der Waals surface area contributed by atoms with E-state index in [-0.39, 0.29) is 5.91 Å². The van der Waals surface area contributed by atoms with Crippen LogP contribution in [0.3, 0.4) is 0 Å². The zero-order valence-corrected chi connectivity index (χ0v) is 11.5. The summed E-state index contributed by atoms with van der Waals surface area (Å²) in [5.41, 5.74) is 1.57. The average molecular weight is 247 g/mol. The Labute approximate surface area is 108 Å². The van der Waals surface area contributed by atoms with Crippen LogP contribution in [0.25, 0.3) is 0 Å². The topological polar surface area (TPSA) is 45.2 Å². The number of nitrogens with zero attached hydrogens (tertiary/aromatic N) is 2. The quantitative estimate of drug-likeness (QED) is 0.886. The van der Waals surface area contributed by atoms with Crippen molar-refractivity contribution in [3.63, 3.8) is 0 Å². The van der Waals surface area contributed by atoms with Gasteiger partial charge < -0.3 is 10.2 Å². The van der Waals surface area contributed by atoms with Gasteiger partial charge in [0.05, 0.1) is 0 Å². The summed E-state index contributed by atoms with van der Waals surface area (Å²) < 4.78 is 0. The first-order valence-electron chi connectivity index (χ1n) is 6.43. The second-order valence-electron chi connectivity index (χ2n) is 5.29. The molecule has 0 saturated heterocycles. The summed E-state index contributed by atoms with van der Waals surface area (Å²) in [4.78, 5) is 18.4. The summed E-state index contributed by atoms with van der Waals surface area (Å²) in [7, 11) is 3.69. The molecule has 1 saturated carbocycles. The molecule has 2 unspecified atom stereocenters. The Morgan fingerprint density at radius 3 is 2.78 bits per heavy atom. The van der Waals surface area contributed by atoms with Crippen LogP contribution in [0.15, 0.2) is 12.1 Å². The van der Waals surface area contributed by atoms with Gasteiger partial charge in [-0.1, -0.05) is 6.92 Å². The van der Waals surface area contributed by atoms with Gasteiger partial charge in [-0.05, 0) is 37.3 Å². The van der Waals surface area contributed by atoms with Gasteiger partial charge in [-0.25, -0.2) is 4.98 Å². The van der Waals surface area contributed by atoms with Gasteiger partial charge in [0.15, 0.2) is 0 Å². The van der Waals surface area contributed by atoms with Gasteiger partial charge >= 0.3 is 0 Å². The van der Waals surface area contributed by atoms with Gasteiger partial charge in [-0.15, -0.1) is 0 Å². The predicted octanol–water partition coefficient (Wildman–Crippen LogP) is 2.16. The number of amides is 1. The van der Waals surface area contributed by atoms with E-state index >= 15 is 0 Å². The van der Waals surface area contributed by atoms with Crippen LogP contribution < -0.4 is 5.32 Å². The van der Waals surface area contributed by atoms with E-state index in [9.17, 15) is 4.79 Å². The van der Waals surface area contributed by atoms with Crippen molar-refractivity contribution < 1.29 is 4.79 Å². The lowest BCUT2D eigenvalue weighted by Crippen LogP contribution is -2.29. The Morgan fingerprint density at radius 2 is 2.22 bits per heavy atom. The fourth-order valence-corrected chi connectivity index (χ4v) is 2.23. The number of hydrogen-bond acceptors (Lipinski definition) is 3. The lowest BCUT2D eigenvalue weighted by molar-refractivity contribution is 0.0787. The van der Waals surface area contributed by atoms with E-state index in [0.717, 1.165) is 24.0 Å². The van der Waals surface area contributed by atoms with E-state index in [0.29, 0.717) is 11.5 Å². The molecule has 1 amide bonds. The summed E-state index contributed by atoms with van der Waals surface area (Å²) in [5, 5.41) is 2.98. The van der Waals surface area contributed by atoms with Crippen molar-refractivity contribution in [1.82, 2.24) is 9.88 Å². The Kier molecular flexibility index (Phi) is 3.55. The molecule has 18 heavy (non-hydrogen) atoms. The number of aromatic nitrogens is 1. The highest BCUT2D eigenvalue weighted by Gasteiger charge is 2.34. The highest BCUT2D eigenvalue weighted by Crippen LogP contribution is 2.38. The predicted molar refractivity (Wildman–Crippen MR) is 72.8 cm³/mol. The summed E-state index contributed by atoms with van der Waals surface area (Å²) in [5.74, 6) is 2.28. The third-order valence-corrected chi connectivity index (χ3v) is 3.59. The standard InChI is InChI=1S/C14H21N3O/c1-9-5-12(9)8-17(4)14(18)11-6-10(2)16-13(7-11)15-3/h6-7,9,12H,5,8H2,1-4H3,(H,15,16). The third-order valence-electron chi connectivity index (χ3n) is 3.59. The van der Waals surface area contributed by atoms with Crippen LogP contribution >= 0.6 is 0 Å². The number of rotatable bonds is 4. The minimum Gasteiger partial charge on any atom is -0.373 e. The molecule has 0 aliphatic heterocycles. The Morgan fingerprint density at radius 1 is 1.56 bits per heavy atom. The number of pyridine rings is 1. The molecule has 2 atom stereocenters. The Hall–Kier alpha value is -1.58. The van der Waals surface area contributed by atoms with Crippen LogP contribution in [0.2, 0.25) is 0 Å². The van der Waals surface area contributed by atoms with Crippen LogP contribution in [-0.4, -0.2) is 36.4 Å². The summed E-state index contributed by atoms with van der Waals surface area (Å²) in [6, 6.07) is 3.65. The molecular weight excluding hydrogens is 226 g/mol. The van der Waals surface area contributed by atoms with E-state index in [1.165, 1.54) is 6.42 Å². The molecule has 1 N–H and O–H groups in total. The first-order chi connectivity index (χ1) is 8.51. The van der Waals surface area contributed by atoms with Gasteiger partial charge in [0.1, 0.15) is 5.82 Å². The molecule has 4 nitrogen and oxygen atoms in total. The van der Waals surface area contributed by atoms with Gasteiger partial charge in [-0.3, -0.25) is 4.79 Å². The largest absolute Gasteiger partial charge is 0.373 e. The number of anilines is 1. The summed E-state index contributed by atoms with van der Waals surface area (Å²) in [6.45, 7) is 5.00. The fourth-order valence-electron chi connectivity index (χ4n) is 2.23. The number of carbonyl (C=O) groups excluding carboxylic acids is 1. The molecule has 0 aromatic carbocycles. The maximum absolute atomic E-state index is 12.3. The number of nitrogens with one attached hydrogen (secondary N) is 1. The van der Waals surface area contributed by atoms with Crippen molar-refractivity contribution in [2.45, 2.75) is 20.3 Å². The number of aryl methyl sites for hydroxylation is 1. The van der Waals surface area contributed by atoms with E-state index in [1.807, 2.05) is 38.1 Å². The average Bonchev–Trinajstić information content (AvgIpc) is 3.02. The lowest BCUT2D eigenvalue weighted by Gasteiger charge is -2.17. The molecule has 98 valence electrons. The monoisotopic (exact) mass is 247 g/mol. The van der Waals surface area contributed by atoms with Gasteiger partial charge in [0, 0.05) is 31.9 Å². The number of carbonyl (C=O) groups is 1. The van der Waals surface area contributed by atoms with Gasteiger partial charge in [0.2, 0.25) is 0 Å². The maximum atomic E-state index is 12.3. The molecule has 1 aliphatic carbocycles. The highest BCUT2D eigenvalue weighted by molar-refractivity contribution is 5.94. The molecule has 0 bridgehead atoms. The van der Waals surface area contributed by atoms with Crippen molar-refractivity contribution >= 4 is 11.7 Å². The van der Waals surface area contributed by atoms with Crippen molar-refractivity contribution in [2.24, 2.45) is 11.8 Å². The smallest absolute Gasteiger partial charge is 0.253 e. The second-order valence-corrected chi connectivity index (χ2v) is 5.29.